The quantitative estimate of drug-likeness (QED) is 0.525. The first kappa shape index (κ1) is 9.27. The van der Waals surface area contributed by atoms with Gasteiger partial charge in [-0.3, -0.25) is 0 Å². The Morgan fingerprint density at radius 3 is 1.90 bits per heavy atom. The molecule has 60 valence electrons. The largest absolute Gasteiger partial charge is 0.338 e. The lowest BCUT2D eigenvalue weighted by atomic mass is 10.4. The lowest BCUT2D eigenvalue weighted by Gasteiger charge is -2.11. The molecule has 1 aliphatic heterocycles. The molecule has 2 amide bonds. The van der Waals surface area contributed by atoms with Gasteiger partial charge in [0.2, 0.25) is 0 Å². The Kier molecular flexibility index (Phi) is 5.92. The Bertz CT molecular complexity index is 85.6. The van der Waals surface area contributed by atoms with Crippen LogP contribution in [0.5, 0.6) is 0 Å². The van der Waals surface area contributed by atoms with Crippen LogP contribution < -0.4 is 10.6 Å². The van der Waals surface area contributed by atoms with Crippen molar-refractivity contribution < 1.29 is 4.79 Å². The summed E-state index contributed by atoms with van der Waals surface area (Å²) in [4.78, 5) is 10.2. The van der Waals surface area contributed by atoms with Crippen LogP contribution in [0.2, 0.25) is 0 Å². The fourth-order valence-electron chi connectivity index (χ4n) is 0.555. The number of nitrogens with one attached hydrogen (secondary N) is 2. The van der Waals surface area contributed by atoms with Gasteiger partial charge in [-0.05, 0) is 6.42 Å². The van der Waals surface area contributed by atoms with Crippen molar-refractivity contribution in [3.05, 3.63) is 0 Å². The van der Waals surface area contributed by atoms with E-state index in [1.807, 2.05) is 0 Å². The van der Waals surface area contributed by atoms with E-state index < -0.39 is 0 Å². The van der Waals surface area contributed by atoms with Crippen molar-refractivity contribution in [2.45, 2.75) is 26.7 Å². The zero-order chi connectivity index (χ0) is 7.82. The van der Waals surface area contributed by atoms with E-state index in [1.165, 1.54) is 6.42 Å². The van der Waals surface area contributed by atoms with Gasteiger partial charge >= 0.3 is 6.03 Å². The second-order valence-electron chi connectivity index (χ2n) is 2.24. The lowest BCUT2D eigenvalue weighted by Crippen LogP contribution is -2.42. The third-order valence-electron chi connectivity index (χ3n) is 0.925. The predicted molar refractivity (Wildman–Crippen MR) is 42.0 cm³/mol. The molecule has 0 saturated carbocycles. The molecule has 1 fully saturated rings. The first-order valence-corrected chi connectivity index (χ1v) is 3.83. The van der Waals surface area contributed by atoms with Crippen LogP contribution in [0.25, 0.3) is 0 Å². The summed E-state index contributed by atoms with van der Waals surface area (Å²) in [5.74, 6) is 0. The summed E-state index contributed by atoms with van der Waals surface area (Å²) in [6.45, 7) is 5.90. The van der Waals surface area contributed by atoms with Crippen LogP contribution in [0.3, 0.4) is 0 Å². The number of carbonyl (C=O) groups is 1. The maximum absolute atomic E-state index is 10.2. The van der Waals surface area contributed by atoms with Gasteiger partial charge in [-0.1, -0.05) is 20.3 Å². The van der Waals surface area contributed by atoms with E-state index in [-0.39, 0.29) is 6.03 Å². The third kappa shape index (κ3) is 5.41. The lowest BCUT2D eigenvalue weighted by molar-refractivity contribution is 0.236. The molecule has 1 rings (SSSR count). The standard InChI is InChI=1S/C4H8N2O.C3H8/c7-4-5-2-1-3-6-4;1-3-2/h1-3H2,(H2,5,6,7);3H2,1-2H3. The van der Waals surface area contributed by atoms with Gasteiger partial charge < -0.3 is 10.6 Å². The maximum Gasteiger partial charge on any atom is 0.314 e. The molecule has 0 aromatic carbocycles. The molecule has 1 heterocycles. The molecular formula is C7H16N2O. The van der Waals surface area contributed by atoms with Crippen LogP contribution in [-0.4, -0.2) is 19.1 Å². The van der Waals surface area contributed by atoms with Crippen molar-refractivity contribution in [1.29, 1.82) is 0 Å². The number of rotatable bonds is 0. The highest BCUT2D eigenvalue weighted by Crippen LogP contribution is 1.79. The number of hydrogen-bond donors (Lipinski definition) is 2. The summed E-state index contributed by atoms with van der Waals surface area (Å²) in [7, 11) is 0. The Hall–Kier alpha value is -0.730. The van der Waals surface area contributed by atoms with Crippen molar-refractivity contribution in [3.63, 3.8) is 0 Å². The van der Waals surface area contributed by atoms with Crippen molar-refractivity contribution in [1.82, 2.24) is 10.6 Å². The smallest absolute Gasteiger partial charge is 0.314 e. The fraction of sp³-hybridized carbons (Fsp3) is 0.857. The fourth-order valence-corrected chi connectivity index (χ4v) is 0.555. The summed E-state index contributed by atoms with van der Waals surface area (Å²) in [5.41, 5.74) is 0. The minimum atomic E-state index is -0.0359. The molecule has 3 nitrogen and oxygen atoms in total. The SMILES string of the molecule is CCC.O=C1NCCCN1. The second-order valence-corrected chi connectivity index (χ2v) is 2.24. The minimum absolute atomic E-state index is 0.0359. The normalized spacial score (nSPS) is 16.0. The molecule has 3 heteroatoms. The van der Waals surface area contributed by atoms with Gasteiger partial charge in [0.05, 0.1) is 0 Å². The van der Waals surface area contributed by atoms with Crippen LogP contribution in [0.4, 0.5) is 4.79 Å². The summed E-state index contributed by atoms with van der Waals surface area (Å²) in [5, 5.41) is 5.26. The zero-order valence-electron chi connectivity index (χ0n) is 6.74. The van der Waals surface area contributed by atoms with E-state index in [9.17, 15) is 4.79 Å². The summed E-state index contributed by atoms with van der Waals surface area (Å²) < 4.78 is 0. The number of amides is 2. The van der Waals surface area contributed by atoms with E-state index in [2.05, 4.69) is 24.5 Å². The Balaban J connectivity index is 0.000000236. The number of hydrogen-bond acceptors (Lipinski definition) is 1. The monoisotopic (exact) mass is 144 g/mol. The molecule has 2 N–H and O–H groups in total. The highest BCUT2D eigenvalue weighted by Gasteiger charge is 2.02. The topological polar surface area (TPSA) is 41.1 Å². The van der Waals surface area contributed by atoms with Gasteiger partial charge in [-0.25, -0.2) is 4.79 Å². The molecule has 1 saturated heterocycles. The van der Waals surface area contributed by atoms with Gasteiger partial charge in [-0.15, -0.1) is 0 Å². The molecule has 0 spiro atoms. The first-order chi connectivity index (χ1) is 4.81. The van der Waals surface area contributed by atoms with Crippen molar-refractivity contribution in [2.75, 3.05) is 13.1 Å². The molecule has 0 aromatic heterocycles. The molecule has 0 unspecified atom stereocenters. The van der Waals surface area contributed by atoms with Gasteiger partial charge in [0.15, 0.2) is 0 Å². The Morgan fingerprint density at radius 2 is 1.70 bits per heavy atom. The predicted octanol–water partition coefficient (Wildman–Crippen LogP) is 1.11. The van der Waals surface area contributed by atoms with Gasteiger partial charge in [0.25, 0.3) is 0 Å². The summed E-state index contributed by atoms with van der Waals surface area (Å²) in [6, 6.07) is -0.0359. The van der Waals surface area contributed by atoms with Crippen LogP contribution in [0, 0.1) is 0 Å². The van der Waals surface area contributed by atoms with E-state index in [0.717, 1.165) is 19.5 Å². The third-order valence-corrected chi connectivity index (χ3v) is 0.925. The second kappa shape index (κ2) is 6.39. The number of carbonyl (C=O) groups excluding carboxylic acids is 1. The highest BCUT2D eigenvalue weighted by atomic mass is 16.2. The average Bonchev–Trinajstić information content (AvgIpc) is 1.91. The van der Waals surface area contributed by atoms with Crippen LogP contribution in [-0.2, 0) is 0 Å². The van der Waals surface area contributed by atoms with Gasteiger partial charge in [0, 0.05) is 13.1 Å². The molecule has 10 heavy (non-hydrogen) atoms. The van der Waals surface area contributed by atoms with Gasteiger partial charge in [0.1, 0.15) is 0 Å². The van der Waals surface area contributed by atoms with E-state index in [1.54, 1.807) is 0 Å². The van der Waals surface area contributed by atoms with Crippen molar-refractivity contribution >= 4 is 6.03 Å². The molecule has 0 radical (unpaired) electrons. The molecule has 0 aromatic rings. The van der Waals surface area contributed by atoms with E-state index in [4.69, 9.17) is 0 Å². The number of urea groups is 1. The Labute approximate surface area is 62.2 Å². The maximum atomic E-state index is 10.2. The highest BCUT2D eigenvalue weighted by molar-refractivity contribution is 5.74. The van der Waals surface area contributed by atoms with Crippen molar-refractivity contribution in [3.8, 4) is 0 Å². The van der Waals surface area contributed by atoms with Crippen LogP contribution in [0.1, 0.15) is 26.7 Å². The first-order valence-electron chi connectivity index (χ1n) is 3.83. The zero-order valence-corrected chi connectivity index (χ0v) is 6.74. The van der Waals surface area contributed by atoms with E-state index in [0.29, 0.717) is 0 Å². The summed E-state index contributed by atoms with van der Waals surface area (Å²) in [6.07, 6.45) is 2.30. The molecule has 0 bridgehead atoms. The minimum Gasteiger partial charge on any atom is -0.338 e. The average molecular weight is 144 g/mol. The molecular weight excluding hydrogens is 128 g/mol. The summed E-state index contributed by atoms with van der Waals surface area (Å²) >= 11 is 0. The van der Waals surface area contributed by atoms with E-state index >= 15 is 0 Å². The molecule has 0 aliphatic carbocycles. The van der Waals surface area contributed by atoms with Gasteiger partial charge in [-0.2, -0.15) is 0 Å². The Morgan fingerprint density at radius 1 is 1.30 bits per heavy atom. The van der Waals surface area contributed by atoms with Crippen LogP contribution in [0.15, 0.2) is 0 Å². The molecule has 0 atom stereocenters. The van der Waals surface area contributed by atoms with Crippen LogP contribution >= 0.6 is 0 Å². The molecule has 1 aliphatic rings. The van der Waals surface area contributed by atoms with Crippen molar-refractivity contribution in [2.24, 2.45) is 0 Å².